The number of ketones is 1. The minimum Gasteiger partial charge on any atom is -0.299 e. The predicted octanol–water partition coefficient (Wildman–Crippen LogP) is 3.94. The largest absolute Gasteiger partial charge is 0.299 e. The van der Waals surface area contributed by atoms with Crippen LogP contribution in [0.1, 0.15) is 22.3 Å². The van der Waals surface area contributed by atoms with Gasteiger partial charge in [0.25, 0.3) is 0 Å². The van der Waals surface area contributed by atoms with E-state index in [1.54, 1.807) is 0 Å². The predicted molar refractivity (Wildman–Crippen MR) is 74.7 cm³/mol. The van der Waals surface area contributed by atoms with Crippen LogP contribution in [-0.2, 0) is 17.6 Å². The van der Waals surface area contributed by atoms with E-state index in [2.05, 4.69) is 0 Å². The molecule has 2 aromatic carbocycles. The number of aryl methyl sites for hydroxylation is 2. The van der Waals surface area contributed by atoms with Crippen LogP contribution in [0.2, 0.25) is 0 Å². The lowest BCUT2D eigenvalue weighted by atomic mass is 9.98. The van der Waals surface area contributed by atoms with Gasteiger partial charge in [-0.05, 0) is 36.6 Å². The fourth-order valence-electron chi connectivity index (χ4n) is 2.14. The first-order chi connectivity index (χ1) is 9.45. The zero-order chi connectivity index (χ0) is 14.7. The van der Waals surface area contributed by atoms with Gasteiger partial charge in [-0.3, -0.25) is 4.79 Å². The van der Waals surface area contributed by atoms with Crippen molar-refractivity contribution in [1.82, 2.24) is 0 Å². The van der Waals surface area contributed by atoms with Gasteiger partial charge in [-0.1, -0.05) is 29.8 Å². The monoisotopic (exact) mass is 274 g/mol. The molecule has 1 nitrogen and oxygen atoms in total. The van der Waals surface area contributed by atoms with Crippen molar-refractivity contribution in [2.45, 2.75) is 26.7 Å². The number of rotatable bonds is 4. The van der Waals surface area contributed by atoms with Crippen molar-refractivity contribution < 1.29 is 13.6 Å². The molecule has 0 N–H and O–H groups in total. The normalized spacial score (nSPS) is 10.6. The molecule has 2 rings (SSSR count). The quantitative estimate of drug-likeness (QED) is 0.825. The molecule has 0 aliphatic carbocycles. The summed E-state index contributed by atoms with van der Waals surface area (Å²) in [5.41, 5.74) is 3.33. The maximum Gasteiger partial charge on any atom is 0.141 e. The Bertz CT molecular complexity index is 647. The molecule has 0 heterocycles. The first kappa shape index (κ1) is 14.4. The molecule has 104 valence electrons. The first-order valence-corrected chi connectivity index (χ1v) is 6.47. The Morgan fingerprint density at radius 1 is 0.950 bits per heavy atom. The van der Waals surface area contributed by atoms with Gasteiger partial charge in [0.2, 0.25) is 0 Å². The van der Waals surface area contributed by atoms with Crippen molar-refractivity contribution in [1.29, 1.82) is 0 Å². The van der Waals surface area contributed by atoms with Gasteiger partial charge in [0.05, 0.1) is 0 Å². The third-order valence-corrected chi connectivity index (χ3v) is 3.29. The molecule has 0 saturated carbocycles. The Labute approximate surface area is 117 Å². The van der Waals surface area contributed by atoms with Crippen LogP contribution in [0.25, 0.3) is 0 Å². The Hall–Kier alpha value is -2.03. The second kappa shape index (κ2) is 5.95. The summed E-state index contributed by atoms with van der Waals surface area (Å²) in [6.45, 7) is 3.91. The van der Waals surface area contributed by atoms with Crippen LogP contribution in [0.4, 0.5) is 8.78 Å². The number of carbonyl (C=O) groups excluding carboxylic acids is 1. The number of carbonyl (C=O) groups is 1. The highest BCUT2D eigenvalue weighted by molar-refractivity contribution is 5.83. The van der Waals surface area contributed by atoms with Crippen LogP contribution in [0.5, 0.6) is 0 Å². The van der Waals surface area contributed by atoms with Crippen LogP contribution in [0.3, 0.4) is 0 Å². The highest BCUT2D eigenvalue weighted by atomic mass is 19.1. The highest BCUT2D eigenvalue weighted by Gasteiger charge is 2.11. The Balaban J connectivity index is 2.11. The van der Waals surface area contributed by atoms with Gasteiger partial charge >= 0.3 is 0 Å². The molecule has 0 fully saturated rings. The average Bonchev–Trinajstić information content (AvgIpc) is 2.37. The van der Waals surface area contributed by atoms with Crippen molar-refractivity contribution >= 4 is 5.78 Å². The van der Waals surface area contributed by atoms with Gasteiger partial charge in [-0.15, -0.1) is 0 Å². The molecular formula is C17H16F2O. The van der Waals surface area contributed by atoms with E-state index in [4.69, 9.17) is 0 Å². The summed E-state index contributed by atoms with van der Waals surface area (Å²) >= 11 is 0. The van der Waals surface area contributed by atoms with Crippen LogP contribution >= 0.6 is 0 Å². The first-order valence-electron chi connectivity index (χ1n) is 6.47. The summed E-state index contributed by atoms with van der Waals surface area (Å²) in [6, 6.07) is 9.23. The number of benzene rings is 2. The van der Waals surface area contributed by atoms with Gasteiger partial charge < -0.3 is 0 Å². The number of hydrogen-bond donors (Lipinski definition) is 0. The van der Waals surface area contributed by atoms with E-state index in [0.29, 0.717) is 0 Å². The van der Waals surface area contributed by atoms with Crippen molar-refractivity contribution in [2.75, 3.05) is 0 Å². The van der Waals surface area contributed by atoms with Gasteiger partial charge in [0, 0.05) is 18.9 Å². The van der Waals surface area contributed by atoms with Crippen molar-refractivity contribution in [3.8, 4) is 0 Å². The zero-order valence-electron chi connectivity index (χ0n) is 11.5. The molecule has 0 aromatic heterocycles. The fourth-order valence-corrected chi connectivity index (χ4v) is 2.14. The molecule has 0 spiro atoms. The topological polar surface area (TPSA) is 17.1 Å². The fraction of sp³-hybridized carbons (Fsp3) is 0.235. The van der Waals surface area contributed by atoms with E-state index >= 15 is 0 Å². The molecule has 0 aliphatic rings. The van der Waals surface area contributed by atoms with E-state index in [9.17, 15) is 13.6 Å². The standard InChI is InChI=1S/C17H16F2O/c1-11-3-4-12(2)14(7-11)9-16(20)8-13-5-6-15(18)10-17(13)19/h3-7,10H,8-9H2,1-2H3. The average molecular weight is 274 g/mol. The lowest BCUT2D eigenvalue weighted by Crippen LogP contribution is -2.09. The molecule has 0 amide bonds. The van der Waals surface area contributed by atoms with E-state index in [-0.39, 0.29) is 24.2 Å². The summed E-state index contributed by atoms with van der Waals surface area (Å²) < 4.78 is 26.3. The highest BCUT2D eigenvalue weighted by Crippen LogP contribution is 2.15. The Morgan fingerprint density at radius 3 is 2.35 bits per heavy atom. The molecule has 0 bridgehead atoms. The summed E-state index contributed by atoms with van der Waals surface area (Å²) in [5.74, 6) is -1.38. The molecule has 3 heteroatoms. The van der Waals surface area contributed by atoms with Crippen molar-refractivity contribution in [3.05, 3.63) is 70.3 Å². The number of halogens is 2. The maximum atomic E-state index is 13.5. The summed E-state index contributed by atoms with van der Waals surface area (Å²) in [7, 11) is 0. The summed E-state index contributed by atoms with van der Waals surface area (Å²) in [4.78, 5) is 12.0. The SMILES string of the molecule is Cc1ccc(C)c(CC(=O)Cc2ccc(F)cc2F)c1. The third-order valence-electron chi connectivity index (χ3n) is 3.29. The second-order valence-corrected chi connectivity index (χ2v) is 5.06. The number of hydrogen-bond acceptors (Lipinski definition) is 1. The lowest BCUT2D eigenvalue weighted by molar-refractivity contribution is -0.117. The van der Waals surface area contributed by atoms with E-state index in [0.717, 1.165) is 22.8 Å². The maximum absolute atomic E-state index is 13.5. The molecule has 0 radical (unpaired) electrons. The van der Waals surface area contributed by atoms with E-state index in [1.807, 2.05) is 32.0 Å². The molecular weight excluding hydrogens is 258 g/mol. The molecule has 2 aromatic rings. The van der Waals surface area contributed by atoms with Crippen LogP contribution in [-0.4, -0.2) is 5.78 Å². The van der Waals surface area contributed by atoms with E-state index < -0.39 is 11.6 Å². The second-order valence-electron chi connectivity index (χ2n) is 5.06. The van der Waals surface area contributed by atoms with Gasteiger partial charge in [0.1, 0.15) is 17.4 Å². The van der Waals surface area contributed by atoms with Crippen LogP contribution < -0.4 is 0 Å². The molecule has 0 atom stereocenters. The smallest absolute Gasteiger partial charge is 0.141 e. The molecule has 0 aliphatic heterocycles. The molecule has 0 saturated heterocycles. The van der Waals surface area contributed by atoms with Gasteiger partial charge in [0.15, 0.2) is 0 Å². The lowest BCUT2D eigenvalue weighted by Gasteiger charge is -2.07. The van der Waals surface area contributed by atoms with Crippen molar-refractivity contribution in [3.63, 3.8) is 0 Å². The third kappa shape index (κ3) is 3.50. The minimum atomic E-state index is -0.667. The zero-order valence-corrected chi connectivity index (χ0v) is 11.5. The Kier molecular flexibility index (Phi) is 4.28. The van der Waals surface area contributed by atoms with E-state index in [1.165, 1.54) is 12.1 Å². The molecule has 20 heavy (non-hydrogen) atoms. The van der Waals surface area contributed by atoms with Gasteiger partial charge in [-0.25, -0.2) is 8.78 Å². The number of Topliss-reactive ketones (excluding diaryl/α,β-unsaturated/α-hetero) is 1. The summed E-state index contributed by atoms with van der Waals surface area (Å²) in [6.07, 6.45) is 0.254. The van der Waals surface area contributed by atoms with Crippen molar-refractivity contribution in [2.24, 2.45) is 0 Å². The van der Waals surface area contributed by atoms with Crippen LogP contribution in [0, 0.1) is 25.5 Å². The van der Waals surface area contributed by atoms with Gasteiger partial charge in [-0.2, -0.15) is 0 Å². The van der Waals surface area contributed by atoms with Crippen LogP contribution in [0.15, 0.2) is 36.4 Å². The molecule has 0 unspecified atom stereocenters. The Morgan fingerprint density at radius 2 is 1.65 bits per heavy atom. The summed E-state index contributed by atoms with van der Waals surface area (Å²) in [5, 5.41) is 0. The minimum absolute atomic E-state index is 0.0144.